The average molecular weight is 514 g/mol. The number of amides is 2. The van der Waals surface area contributed by atoms with E-state index in [1.54, 1.807) is 24.3 Å². The van der Waals surface area contributed by atoms with Crippen molar-refractivity contribution in [3.05, 3.63) is 113 Å². The molecular formula is C31H35N3O4. The molecule has 0 unspecified atom stereocenters. The fourth-order valence-electron chi connectivity index (χ4n) is 4.76. The lowest BCUT2D eigenvalue weighted by Crippen LogP contribution is -2.56. The van der Waals surface area contributed by atoms with E-state index in [1.807, 2.05) is 80.6 Å². The molecule has 0 heterocycles. The van der Waals surface area contributed by atoms with Crippen molar-refractivity contribution in [2.75, 3.05) is 0 Å². The number of hydrogen-bond donors (Lipinski definition) is 4. The molecule has 0 bridgehead atoms. The Morgan fingerprint density at radius 1 is 0.974 bits per heavy atom. The SMILES string of the molecule is CCC[C@](C(=O)NN)(C(=O)NCc1ccccc1)c1ccc(C)cc1[C@H](C/C=C/c1ccccc1)C(=O)O. The summed E-state index contributed by atoms with van der Waals surface area (Å²) in [6.07, 6.45) is 4.49. The highest BCUT2D eigenvalue weighted by Crippen LogP contribution is 2.38. The van der Waals surface area contributed by atoms with Crippen LogP contribution in [0.2, 0.25) is 0 Å². The van der Waals surface area contributed by atoms with Crippen molar-refractivity contribution in [3.8, 4) is 0 Å². The number of carbonyl (C=O) groups excluding carboxylic acids is 2. The molecule has 3 aromatic carbocycles. The molecule has 0 saturated carbocycles. The zero-order valence-corrected chi connectivity index (χ0v) is 21.8. The van der Waals surface area contributed by atoms with E-state index < -0.39 is 29.1 Å². The second kappa shape index (κ2) is 13.4. The summed E-state index contributed by atoms with van der Waals surface area (Å²) in [5, 5.41) is 13.2. The van der Waals surface area contributed by atoms with E-state index in [2.05, 4.69) is 10.7 Å². The molecule has 0 aliphatic carbocycles. The minimum Gasteiger partial charge on any atom is -0.481 e. The third kappa shape index (κ3) is 6.55. The number of hydrazine groups is 1. The first-order chi connectivity index (χ1) is 18.3. The fourth-order valence-corrected chi connectivity index (χ4v) is 4.76. The zero-order chi connectivity index (χ0) is 27.5. The summed E-state index contributed by atoms with van der Waals surface area (Å²) in [5.74, 6) is 2.39. The van der Waals surface area contributed by atoms with Gasteiger partial charge in [-0.1, -0.05) is 110 Å². The van der Waals surface area contributed by atoms with Crippen molar-refractivity contribution in [3.63, 3.8) is 0 Å². The first-order valence-corrected chi connectivity index (χ1v) is 12.7. The van der Waals surface area contributed by atoms with E-state index in [9.17, 15) is 19.5 Å². The third-order valence-electron chi connectivity index (χ3n) is 6.65. The summed E-state index contributed by atoms with van der Waals surface area (Å²) >= 11 is 0. The van der Waals surface area contributed by atoms with Crippen LogP contribution in [0.5, 0.6) is 0 Å². The molecule has 0 aliphatic rings. The molecule has 2 amide bonds. The molecule has 3 rings (SSSR count). The largest absolute Gasteiger partial charge is 0.481 e. The van der Waals surface area contributed by atoms with Crippen LogP contribution in [0.25, 0.3) is 6.08 Å². The monoisotopic (exact) mass is 513 g/mol. The van der Waals surface area contributed by atoms with Crippen molar-refractivity contribution >= 4 is 23.9 Å². The van der Waals surface area contributed by atoms with Gasteiger partial charge in [0.05, 0.1) is 5.92 Å². The number of carbonyl (C=O) groups is 3. The van der Waals surface area contributed by atoms with Crippen LogP contribution in [0.1, 0.15) is 59.9 Å². The molecule has 7 heteroatoms. The lowest BCUT2D eigenvalue weighted by molar-refractivity contribution is -0.140. The van der Waals surface area contributed by atoms with E-state index in [-0.39, 0.29) is 19.4 Å². The maximum absolute atomic E-state index is 13.9. The Morgan fingerprint density at radius 2 is 1.63 bits per heavy atom. The molecule has 3 aromatic rings. The van der Waals surface area contributed by atoms with Crippen LogP contribution in [0, 0.1) is 6.92 Å². The van der Waals surface area contributed by atoms with Crippen LogP contribution in [-0.2, 0) is 26.3 Å². The van der Waals surface area contributed by atoms with Crippen LogP contribution in [-0.4, -0.2) is 22.9 Å². The zero-order valence-electron chi connectivity index (χ0n) is 21.8. The Bertz CT molecular complexity index is 1270. The molecule has 198 valence electrons. The smallest absolute Gasteiger partial charge is 0.311 e. The normalized spacial score (nSPS) is 13.4. The first kappa shape index (κ1) is 28.3. The number of rotatable bonds is 12. The van der Waals surface area contributed by atoms with Gasteiger partial charge in [0.15, 0.2) is 5.41 Å². The van der Waals surface area contributed by atoms with Crippen molar-refractivity contribution in [2.45, 2.75) is 51.0 Å². The topological polar surface area (TPSA) is 122 Å². The van der Waals surface area contributed by atoms with Crippen LogP contribution in [0.3, 0.4) is 0 Å². The minimum atomic E-state index is -1.71. The molecule has 0 aromatic heterocycles. The summed E-state index contributed by atoms with van der Waals surface area (Å²) in [7, 11) is 0. The summed E-state index contributed by atoms with van der Waals surface area (Å²) in [6.45, 7) is 3.94. The number of allylic oxidation sites excluding steroid dienone is 1. The Labute approximate surface area is 223 Å². The highest BCUT2D eigenvalue weighted by Gasteiger charge is 2.48. The number of nitrogens with one attached hydrogen (secondary N) is 2. The summed E-state index contributed by atoms with van der Waals surface area (Å²) in [6, 6.07) is 24.2. The maximum Gasteiger partial charge on any atom is 0.311 e. The Hall–Kier alpha value is -4.23. The molecule has 0 aliphatic heterocycles. The van der Waals surface area contributed by atoms with Crippen molar-refractivity contribution in [2.24, 2.45) is 5.84 Å². The fraction of sp³-hybridized carbons (Fsp3) is 0.258. The summed E-state index contributed by atoms with van der Waals surface area (Å²) < 4.78 is 0. The van der Waals surface area contributed by atoms with Gasteiger partial charge in [0.1, 0.15) is 0 Å². The van der Waals surface area contributed by atoms with Gasteiger partial charge >= 0.3 is 5.97 Å². The van der Waals surface area contributed by atoms with Gasteiger partial charge in [0.2, 0.25) is 5.91 Å². The molecule has 5 N–H and O–H groups in total. The number of hydrogen-bond acceptors (Lipinski definition) is 4. The standard InChI is InChI=1S/C31H35N3O4/c1-3-19-31(30(38)34-32,29(37)33-21-24-13-8-5-9-14-24)27-18-17-22(2)20-26(27)25(28(35)36)16-10-15-23-11-6-4-7-12-23/h4-15,17-18,20,25H,3,16,19,21,32H2,1-2H3,(H,33,37)(H,34,38)(H,35,36)/b15-10+/t25-,31+/m0/s1. The second-order valence-corrected chi connectivity index (χ2v) is 9.33. The Morgan fingerprint density at radius 3 is 2.24 bits per heavy atom. The summed E-state index contributed by atoms with van der Waals surface area (Å²) in [5.41, 5.74) is 3.88. The second-order valence-electron chi connectivity index (χ2n) is 9.33. The number of aryl methyl sites for hydroxylation is 1. The predicted octanol–water partition coefficient (Wildman–Crippen LogP) is 4.61. The number of benzene rings is 3. The van der Waals surface area contributed by atoms with Gasteiger partial charge in [-0.25, -0.2) is 5.84 Å². The summed E-state index contributed by atoms with van der Waals surface area (Å²) in [4.78, 5) is 39.9. The van der Waals surface area contributed by atoms with Crippen molar-refractivity contribution in [1.29, 1.82) is 0 Å². The molecule has 0 saturated heterocycles. The number of aliphatic carboxylic acids is 1. The lowest BCUT2D eigenvalue weighted by Gasteiger charge is -2.34. The quantitative estimate of drug-likeness (QED) is 0.122. The minimum absolute atomic E-state index is 0.152. The molecule has 2 atom stereocenters. The van der Waals surface area contributed by atoms with Gasteiger partial charge in [-0.2, -0.15) is 0 Å². The number of carboxylic acid groups (broad SMARTS) is 1. The van der Waals surface area contributed by atoms with Gasteiger partial charge in [-0.05, 0) is 42.0 Å². The highest BCUT2D eigenvalue weighted by atomic mass is 16.4. The van der Waals surface area contributed by atoms with Gasteiger partial charge < -0.3 is 10.4 Å². The van der Waals surface area contributed by atoms with Gasteiger partial charge in [-0.3, -0.25) is 19.8 Å². The third-order valence-corrected chi connectivity index (χ3v) is 6.65. The van der Waals surface area contributed by atoms with E-state index in [0.29, 0.717) is 17.5 Å². The maximum atomic E-state index is 13.9. The molecular weight excluding hydrogens is 478 g/mol. The van der Waals surface area contributed by atoms with Crippen molar-refractivity contribution in [1.82, 2.24) is 10.7 Å². The number of carboxylic acids is 1. The van der Waals surface area contributed by atoms with Crippen LogP contribution in [0.4, 0.5) is 0 Å². The molecule has 7 nitrogen and oxygen atoms in total. The van der Waals surface area contributed by atoms with Crippen LogP contribution in [0.15, 0.2) is 84.9 Å². The van der Waals surface area contributed by atoms with Crippen LogP contribution < -0.4 is 16.6 Å². The predicted molar refractivity (Wildman–Crippen MR) is 149 cm³/mol. The van der Waals surface area contributed by atoms with Crippen LogP contribution >= 0.6 is 0 Å². The molecule has 0 radical (unpaired) electrons. The van der Waals surface area contributed by atoms with E-state index >= 15 is 0 Å². The Balaban J connectivity index is 2.08. The molecule has 38 heavy (non-hydrogen) atoms. The van der Waals surface area contributed by atoms with Gasteiger partial charge in [0.25, 0.3) is 5.91 Å². The molecule has 0 fully saturated rings. The van der Waals surface area contributed by atoms with Crippen molar-refractivity contribution < 1.29 is 19.5 Å². The molecule has 0 spiro atoms. The van der Waals surface area contributed by atoms with E-state index in [4.69, 9.17) is 5.84 Å². The van der Waals surface area contributed by atoms with Gasteiger partial charge in [0, 0.05) is 6.54 Å². The lowest BCUT2D eigenvalue weighted by atomic mass is 9.70. The number of nitrogens with two attached hydrogens (primary N) is 1. The average Bonchev–Trinajstić information content (AvgIpc) is 2.93. The van der Waals surface area contributed by atoms with Gasteiger partial charge in [-0.15, -0.1) is 0 Å². The first-order valence-electron chi connectivity index (χ1n) is 12.7. The van der Waals surface area contributed by atoms with E-state index in [0.717, 1.165) is 16.7 Å². The Kier molecular flexibility index (Phi) is 9.96. The highest BCUT2D eigenvalue weighted by molar-refractivity contribution is 6.11. The van der Waals surface area contributed by atoms with E-state index in [1.165, 1.54) is 0 Å².